The molecule has 0 amide bonds. The number of rotatable bonds is 7. The summed E-state index contributed by atoms with van der Waals surface area (Å²) in [5.74, 6) is 0. The molecule has 1 rings (SSSR count). The van der Waals surface area contributed by atoms with Crippen LogP contribution in [0.3, 0.4) is 0 Å². The van der Waals surface area contributed by atoms with Crippen LogP contribution >= 0.6 is 0 Å². The van der Waals surface area contributed by atoms with E-state index < -0.39 is 0 Å². The highest BCUT2D eigenvalue weighted by Crippen LogP contribution is 2.09. The Balaban J connectivity index is 2.29. The van der Waals surface area contributed by atoms with Crippen molar-refractivity contribution < 1.29 is 0 Å². The van der Waals surface area contributed by atoms with Gasteiger partial charge < -0.3 is 10.6 Å². The highest BCUT2D eigenvalue weighted by Gasteiger charge is 2.00. The number of benzene rings is 1. The van der Waals surface area contributed by atoms with Crippen molar-refractivity contribution in [3.05, 3.63) is 29.8 Å². The first-order chi connectivity index (χ1) is 7.76. The van der Waals surface area contributed by atoms with Gasteiger partial charge in [-0.25, -0.2) is 0 Å². The van der Waals surface area contributed by atoms with E-state index in [-0.39, 0.29) is 0 Å². The zero-order valence-corrected chi connectivity index (χ0v) is 10.6. The number of nitrogens with zero attached hydrogens (tertiary/aromatic N) is 1. The molecule has 0 aliphatic carbocycles. The Kier molecular flexibility index (Phi) is 5.94. The van der Waals surface area contributed by atoms with Gasteiger partial charge in [-0.1, -0.05) is 26.0 Å². The summed E-state index contributed by atoms with van der Waals surface area (Å²) in [6.45, 7) is 8.04. The minimum atomic E-state index is 0.874. The number of hydrogen-bond acceptors (Lipinski definition) is 2. The van der Waals surface area contributed by atoms with E-state index in [4.69, 9.17) is 5.73 Å². The van der Waals surface area contributed by atoms with E-state index in [1.54, 1.807) is 0 Å². The summed E-state index contributed by atoms with van der Waals surface area (Å²) in [6.07, 6.45) is 3.59. The molecule has 2 N–H and O–H groups in total. The van der Waals surface area contributed by atoms with Gasteiger partial charge in [-0.05, 0) is 56.6 Å². The Morgan fingerprint density at radius 2 is 2.00 bits per heavy atom. The monoisotopic (exact) mass is 220 g/mol. The van der Waals surface area contributed by atoms with Gasteiger partial charge in [0.15, 0.2) is 0 Å². The van der Waals surface area contributed by atoms with Crippen molar-refractivity contribution in [2.45, 2.75) is 33.1 Å². The van der Waals surface area contributed by atoms with E-state index in [0.29, 0.717) is 0 Å². The summed E-state index contributed by atoms with van der Waals surface area (Å²) in [5, 5.41) is 0. The van der Waals surface area contributed by atoms with Crippen LogP contribution in [0, 0.1) is 0 Å². The first-order valence-corrected chi connectivity index (χ1v) is 6.33. The highest BCUT2D eigenvalue weighted by atomic mass is 15.1. The SMILES string of the molecule is CCCN(CC)CCCc1cccc(N)c1. The second kappa shape index (κ2) is 7.29. The van der Waals surface area contributed by atoms with Crippen molar-refractivity contribution in [3.63, 3.8) is 0 Å². The lowest BCUT2D eigenvalue weighted by Crippen LogP contribution is -2.25. The number of nitrogens with two attached hydrogens (primary N) is 1. The predicted octanol–water partition coefficient (Wildman–Crippen LogP) is 2.93. The first-order valence-electron chi connectivity index (χ1n) is 6.33. The topological polar surface area (TPSA) is 29.3 Å². The summed E-state index contributed by atoms with van der Waals surface area (Å²) in [4.78, 5) is 2.51. The molecule has 2 heteroatoms. The van der Waals surface area contributed by atoms with Crippen LogP contribution in [-0.2, 0) is 6.42 Å². The third kappa shape index (κ3) is 4.67. The molecule has 0 atom stereocenters. The number of aryl methyl sites for hydroxylation is 1. The van der Waals surface area contributed by atoms with E-state index in [1.807, 2.05) is 12.1 Å². The minimum absolute atomic E-state index is 0.874. The van der Waals surface area contributed by atoms with Crippen molar-refractivity contribution in [2.24, 2.45) is 0 Å². The van der Waals surface area contributed by atoms with Crippen LogP contribution < -0.4 is 5.73 Å². The predicted molar refractivity (Wildman–Crippen MR) is 71.6 cm³/mol. The van der Waals surface area contributed by atoms with Gasteiger partial charge in [-0.15, -0.1) is 0 Å². The molecule has 1 aromatic carbocycles. The Bertz CT molecular complexity index is 297. The van der Waals surface area contributed by atoms with Crippen molar-refractivity contribution in [2.75, 3.05) is 25.4 Å². The van der Waals surface area contributed by atoms with Crippen molar-refractivity contribution in [3.8, 4) is 0 Å². The molecule has 0 unspecified atom stereocenters. The van der Waals surface area contributed by atoms with Crippen LogP contribution in [0.4, 0.5) is 5.69 Å². The van der Waals surface area contributed by atoms with Gasteiger partial charge in [0.1, 0.15) is 0 Å². The number of hydrogen-bond donors (Lipinski definition) is 1. The molecule has 0 saturated heterocycles. The second-order valence-electron chi connectivity index (χ2n) is 4.28. The fraction of sp³-hybridized carbons (Fsp3) is 0.571. The lowest BCUT2D eigenvalue weighted by atomic mass is 10.1. The maximum atomic E-state index is 5.75. The van der Waals surface area contributed by atoms with Gasteiger partial charge in [-0.3, -0.25) is 0 Å². The summed E-state index contributed by atoms with van der Waals surface area (Å²) < 4.78 is 0. The molecule has 0 spiro atoms. The van der Waals surface area contributed by atoms with Crippen molar-refractivity contribution >= 4 is 5.69 Å². The summed E-state index contributed by atoms with van der Waals surface area (Å²) in [7, 11) is 0. The molecule has 16 heavy (non-hydrogen) atoms. The third-order valence-corrected chi connectivity index (χ3v) is 2.88. The van der Waals surface area contributed by atoms with Crippen LogP contribution in [-0.4, -0.2) is 24.5 Å². The molecule has 90 valence electrons. The second-order valence-corrected chi connectivity index (χ2v) is 4.28. The number of nitrogen functional groups attached to an aromatic ring is 1. The Hall–Kier alpha value is -1.02. The molecule has 0 heterocycles. The fourth-order valence-electron chi connectivity index (χ4n) is 2.00. The largest absolute Gasteiger partial charge is 0.399 e. The molecule has 0 radical (unpaired) electrons. The van der Waals surface area contributed by atoms with Gasteiger partial charge in [0.25, 0.3) is 0 Å². The normalized spacial score (nSPS) is 10.9. The van der Waals surface area contributed by atoms with E-state index >= 15 is 0 Å². The standard InChI is InChI=1S/C14H24N2/c1-3-10-16(4-2)11-6-8-13-7-5-9-14(15)12-13/h5,7,9,12H,3-4,6,8,10-11,15H2,1-2H3. The lowest BCUT2D eigenvalue weighted by Gasteiger charge is -2.19. The van der Waals surface area contributed by atoms with Crippen LogP contribution in [0.2, 0.25) is 0 Å². The molecule has 1 aromatic rings. The zero-order chi connectivity index (χ0) is 11.8. The molecule has 0 bridgehead atoms. The molecule has 2 nitrogen and oxygen atoms in total. The van der Waals surface area contributed by atoms with Crippen molar-refractivity contribution in [1.82, 2.24) is 4.90 Å². The molecular formula is C14H24N2. The van der Waals surface area contributed by atoms with Crippen LogP contribution in [0.15, 0.2) is 24.3 Å². The Morgan fingerprint density at radius 3 is 2.62 bits per heavy atom. The highest BCUT2D eigenvalue weighted by molar-refractivity contribution is 5.40. The van der Waals surface area contributed by atoms with E-state index in [0.717, 1.165) is 18.7 Å². The van der Waals surface area contributed by atoms with Gasteiger partial charge in [0.05, 0.1) is 0 Å². The molecule has 0 aliphatic heterocycles. The average molecular weight is 220 g/mol. The van der Waals surface area contributed by atoms with Gasteiger partial charge in [0.2, 0.25) is 0 Å². The fourth-order valence-corrected chi connectivity index (χ4v) is 2.00. The number of anilines is 1. The summed E-state index contributed by atoms with van der Waals surface area (Å²) in [6, 6.07) is 8.22. The first kappa shape index (κ1) is 13.0. The Morgan fingerprint density at radius 1 is 1.19 bits per heavy atom. The van der Waals surface area contributed by atoms with E-state index in [1.165, 1.54) is 31.5 Å². The molecule has 0 aromatic heterocycles. The maximum absolute atomic E-state index is 5.75. The summed E-state index contributed by atoms with van der Waals surface area (Å²) in [5.41, 5.74) is 7.98. The Labute approximate surface area is 99.5 Å². The van der Waals surface area contributed by atoms with Crippen LogP contribution in [0.1, 0.15) is 32.3 Å². The molecular weight excluding hydrogens is 196 g/mol. The van der Waals surface area contributed by atoms with E-state index in [9.17, 15) is 0 Å². The lowest BCUT2D eigenvalue weighted by molar-refractivity contribution is 0.285. The average Bonchev–Trinajstić information content (AvgIpc) is 2.28. The van der Waals surface area contributed by atoms with Crippen LogP contribution in [0.25, 0.3) is 0 Å². The van der Waals surface area contributed by atoms with Crippen molar-refractivity contribution in [1.29, 1.82) is 0 Å². The summed E-state index contributed by atoms with van der Waals surface area (Å²) >= 11 is 0. The quantitative estimate of drug-likeness (QED) is 0.716. The van der Waals surface area contributed by atoms with Gasteiger partial charge in [-0.2, -0.15) is 0 Å². The zero-order valence-electron chi connectivity index (χ0n) is 10.6. The van der Waals surface area contributed by atoms with E-state index in [2.05, 4.69) is 30.9 Å². The minimum Gasteiger partial charge on any atom is -0.399 e. The smallest absolute Gasteiger partial charge is 0.0316 e. The van der Waals surface area contributed by atoms with Gasteiger partial charge in [0, 0.05) is 5.69 Å². The molecule has 0 saturated carbocycles. The maximum Gasteiger partial charge on any atom is 0.0316 e. The van der Waals surface area contributed by atoms with Gasteiger partial charge >= 0.3 is 0 Å². The molecule has 0 aliphatic rings. The molecule has 0 fully saturated rings. The van der Waals surface area contributed by atoms with Crippen LogP contribution in [0.5, 0.6) is 0 Å². The third-order valence-electron chi connectivity index (χ3n) is 2.88.